The van der Waals surface area contributed by atoms with Gasteiger partial charge in [0.2, 0.25) is 16.8 Å². The molecule has 2 unspecified atom stereocenters. The largest absolute Gasteiger partial charge is 0.325 e. The number of hydrogen-bond acceptors (Lipinski definition) is 3. The van der Waals surface area contributed by atoms with Crippen LogP contribution in [0, 0.1) is 5.92 Å². The first-order chi connectivity index (χ1) is 12.1. The first kappa shape index (κ1) is 27.3. The third-order valence-electron chi connectivity index (χ3n) is 6.25. The molecule has 0 aliphatic carbocycles. The number of rotatable bonds is 10. The second-order valence-corrected chi connectivity index (χ2v) is 22.0. The zero-order valence-electron chi connectivity index (χ0n) is 21.3. The molecule has 0 amide bonds. The molecule has 0 radical (unpaired) electrons. The van der Waals surface area contributed by atoms with E-state index in [0.29, 0.717) is 17.0 Å². The molecule has 5 heteroatoms. The number of hydrogen-bond donors (Lipinski definition) is 2. The van der Waals surface area contributed by atoms with E-state index in [4.69, 9.17) is 0 Å². The molecule has 0 aromatic heterocycles. The molecule has 27 heavy (non-hydrogen) atoms. The van der Waals surface area contributed by atoms with Crippen LogP contribution in [-0.4, -0.2) is 40.7 Å². The maximum Gasteiger partial charge on any atom is 0.206 e. The summed E-state index contributed by atoms with van der Waals surface area (Å²) in [6.07, 6.45) is 0. The van der Waals surface area contributed by atoms with Crippen LogP contribution in [0.25, 0.3) is 0 Å². The molecule has 0 saturated carbocycles. The summed E-state index contributed by atoms with van der Waals surface area (Å²) in [7, 11) is -4.06. The Bertz CT molecular complexity index is 402. The van der Waals surface area contributed by atoms with Gasteiger partial charge in [-0.3, -0.25) is 0 Å². The van der Waals surface area contributed by atoms with Crippen LogP contribution in [0.15, 0.2) is 0 Å². The van der Waals surface area contributed by atoms with Crippen molar-refractivity contribution in [1.29, 1.82) is 0 Å². The second kappa shape index (κ2) is 9.88. The van der Waals surface area contributed by atoms with Gasteiger partial charge in [0, 0.05) is 0 Å². The molecule has 164 valence electrons. The minimum atomic E-state index is -2.03. The van der Waals surface area contributed by atoms with Gasteiger partial charge in [-0.2, -0.15) is 0 Å². The molecule has 0 bridgehead atoms. The average molecular weight is 416 g/mol. The van der Waals surface area contributed by atoms with E-state index >= 15 is 0 Å². The van der Waals surface area contributed by atoms with Gasteiger partial charge >= 0.3 is 0 Å². The Morgan fingerprint density at radius 3 is 1.11 bits per heavy atom. The van der Waals surface area contributed by atoms with E-state index in [9.17, 15) is 0 Å². The van der Waals surface area contributed by atoms with Crippen molar-refractivity contribution >= 4 is 16.8 Å². The maximum atomic E-state index is 4.19. The Morgan fingerprint density at radius 1 is 0.667 bits per heavy atom. The summed E-state index contributed by atoms with van der Waals surface area (Å²) in [5.74, 6) is 0.656. The zero-order chi connectivity index (χ0) is 21.8. The fraction of sp³-hybridized carbons (Fsp3) is 1.00. The lowest BCUT2D eigenvalue weighted by atomic mass is 10.2. The lowest BCUT2D eigenvalue weighted by Crippen LogP contribution is -2.84. The summed E-state index contributed by atoms with van der Waals surface area (Å²) in [5, 5.41) is 0.500. The standard InChI is InChI=1S/C22H53N3Si2/c1-15-23-26(19(5)6,21(9,10)11)25(17-18(3)4)27(20(7)8,24-16-2)22(12,13)14/h18-20,23-24H,15-17H2,1-14H3. The van der Waals surface area contributed by atoms with Crippen molar-refractivity contribution < 1.29 is 0 Å². The zero-order valence-corrected chi connectivity index (χ0v) is 23.3. The highest BCUT2D eigenvalue weighted by Crippen LogP contribution is 2.52. The van der Waals surface area contributed by atoms with Crippen molar-refractivity contribution in [2.45, 2.75) is 118 Å². The van der Waals surface area contributed by atoms with E-state index in [0.717, 1.165) is 13.1 Å². The normalized spacial score (nSPS) is 18.4. The Kier molecular flexibility index (Phi) is 9.99. The smallest absolute Gasteiger partial charge is 0.206 e. The van der Waals surface area contributed by atoms with E-state index in [2.05, 4.69) is 111 Å². The molecule has 0 heterocycles. The lowest BCUT2D eigenvalue weighted by Gasteiger charge is -2.64. The molecular weight excluding hydrogens is 362 g/mol. The quantitative estimate of drug-likeness (QED) is 0.400. The first-order valence-electron chi connectivity index (χ1n) is 11.3. The molecule has 0 aromatic carbocycles. The van der Waals surface area contributed by atoms with Crippen LogP contribution in [0.3, 0.4) is 0 Å². The van der Waals surface area contributed by atoms with Crippen LogP contribution in [0.2, 0.25) is 21.2 Å². The first-order valence-corrected chi connectivity index (χ1v) is 15.4. The fourth-order valence-corrected chi connectivity index (χ4v) is 23.0. The van der Waals surface area contributed by atoms with Crippen molar-refractivity contribution in [3.05, 3.63) is 0 Å². The van der Waals surface area contributed by atoms with Gasteiger partial charge in [-0.25, -0.2) is 0 Å². The molecule has 0 saturated heterocycles. The van der Waals surface area contributed by atoms with Gasteiger partial charge in [0.1, 0.15) is 0 Å². The predicted octanol–water partition coefficient (Wildman–Crippen LogP) is 6.47. The fourth-order valence-electron chi connectivity index (χ4n) is 5.76. The molecule has 3 nitrogen and oxygen atoms in total. The van der Waals surface area contributed by atoms with Crippen LogP contribution in [0.5, 0.6) is 0 Å². The minimum absolute atomic E-state index is 0.250. The van der Waals surface area contributed by atoms with Crippen molar-refractivity contribution in [2.75, 3.05) is 19.6 Å². The van der Waals surface area contributed by atoms with E-state index in [1.165, 1.54) is 6.54 Å². The van der Waals surface area contributed by atoms with Gasteiger partial charge in [0.05, 0.1) is 0 Å². The van der Waals surface area contributed by atoms with E-state index in [1.807, 2.05) is 0 Å². The monoisotopic (exact) mass is 415 g/mol. The van der Waals surface area contributed by atoms with Gasteiger partial charge < -0.3 is 14.2 Å². The Hall–Kier alpha value is 0.314. The van der Waals surface area contributed by atoms with Crippen molar-refractivity contribution in [3.63, 3.8) is 0 Å². The van der Waals surface area contributed by atoms with Gasteiger partial charge in [-0.05, 0) is 46.7 Å². The molecule has 0 aliphatic rings. The average Bonchev–Trinajstić information content (AvgIpc) is 2.44. The predicted molar refractivity (Wildman–Crippen MR) is 130 cm³/mol. The van der Waals surface area contributed by atoms with Crippen molar-refractivity contribution in [2.24, 2.45) is 5.92 Å². The Morgan fingerprint density at radius 2 is 0.963 bits per heavy atom. The third kappa shape index (κ3) is 5.27. The Balaban J connectivity index is 7.13. The highest BCUT2D eigenvalue weighted by atomic mass is 28.4. The van der Waals surface area contributed by atoms with Gasteiger partial charge in [-0.15, -0.1) is 0 Å². The molecular formula is C22H53N3Si2. The molecule has 0 fully saturated rings. The second-order valence-electron chi connectivity index (χ2n) is 11.4. The highest BCUT2D eigenvalue weighted by Gasteiger charge is 2.63. The summed E-state index contributed by atoms with van der Waals surface area (Å²) in [5.41, 5.74) is 1.28. The summed E-state index contributed by atoms with van der Waals surface area (Å²) in [6, 6.07) is 0. The maximum absolute atomic E-state index is 4.19. The number of nitrogens with zero attached hydrogens (tertiary/aromatic N) is 1. The van der Waals surface area contributed by atoms with Crippen molar-refractivity contribution in [1.82, 2.24) is 14.2 Å². The van der Waals surface area contributed by atoms with E-state index < -0.39 is 16.8 Å². The third-order valence-corrected chi connectivity index (χ3v) is 20.1. The summed E-state index contributed by atoms with van der Waals surface area (Å²) in [4.78, 5) is 8.38. The molecule has 2 N–H and O–H groups in total. The Labute approximate surface area is 174 Å². The topological polar surface area (TPSA) is 27.3 Å². The van der Waals surface area contributed by atoms with Crippen molar-refractivity contribution in [3.8, 4) is 0 Å². The minimum Gasteiger partial charge on any atom is -0.325 e. The number of nitrogens with one attached hydrogen (secondary N) is 2. The summed E-state index contributed by atoms with van der Waals surface area (Å²) >= 11 is 0. The van der Waals surface area contributed by atoms with Crippen LogP contribution in [0.1, 0.15) is 96.9 Å². The van der Waals surface area contributed by atoms with Crippen LogP contribution < -0.4 is 9.96 Å². The van der Waals surface area contributed by atoms with E-state index in [-0.39, 0.29) is 10.1 Å². The molecule has 0 rings (SSSR count). The summed E-state index contributed by atoms with van der Waals surface area (Å²) in [6.45, 7) is 37.5. The lowest BCUT2D eigenvalue weighted by molar-refractivity contribution is 0.397. The highest BCUT2D eigenvalue weighted by molar-refractivity contribution is 6.94. The molecule has 0 spiro atoms. The molecule has 2 atom stereocenters. The van der Waals surface area contributed by atoms with Crippen LogP contribution in [-0.2, 0) is 0 Å². The van der Waals surface area contributed by atoms with Gasteiger partial charge in [0.25, 0.3) is 0 Å². The van der Waals surface area contributed by atoms with Crippen LogP contribution >= 0.6 is 0 Å². The molecule has 0 aromatic rings. The van der Waals surface area contributed by atoms with Gasteiger partial charge in [0.15, 0.2) is 0 Å². The van der Waals surface area contributed by atoms with Crippen LogP contribution in [0.4, 0.5) is 0 Å². The van der Waals surface area contributed by atoms with E-state index in [1.54, 1.807) is 0 Å². The SMILES string of the molecule is CCN[Si](C(C)C)(N(CC(C)C)[Si](NCC)(C(C)C)C(C)(C)C)C(C)(C)C. The molecule has 0 aliphatic heterocycles. The van der Waals surface area contributed by atoms with Gasteiger partial charge in [-0.1, -0.05) is 96.9 Å². The summed E-state index contributed by atoms with van der Waals surface area (Å²) < 4.78 is 3.12.